The molecule has 0 saturated heterocycles. The molecule has 2 aromatic heterocycles. The summed E-state index contributed by atoms with van der Waals surface area (Å²) in [6.07, 6.45) is 3.26. The Balaban J connectivity index is 1.99. The van der Waals surface area contributed by atoms with E-state index in [2.05, 4.69) is 20.1 Å². The monoisotopic (exact) mass is 253 g/mol. The van der Waals surface area contributed by atoms with Gasteiger partial charge >= 0.3 is 0 Å². The topological polar surface area (TPSA) is 90.7 Å². The lowest BCUT2D eigenvalue weighted by Crippen LogP contribution is -1.90. The molecule has 94 valence electrons. The van der Waals surface area contributed by atoms with E-state index in [1.165, 1.54) is 0 Å². The molecule has 6 heteroatoms. The maximum Gasteiger partial charge on any atom is 0.258 e. The van der Waals surface area contributed by atoms with Gasteiger partial charge < -0.3 is 10.3 Å². The van der Waals surface area contributed by atoms with Gasteiger partial charge in [0, 0.05) is 23.6 Å². The van der Waals surface area contributed by atoms with Gasteiger partial charge in [-0.2, -0.15) is 4.98 Å². The van der Waals surface area contributed by atoms with Crippen LogP contribution in [0.25, 0.3) is 23.1 Å². The van der Waals surface area contributed by atoms with Crippen molar-refractivity contribution in [2.45, 2.75) is 6.92 Å². The van der Waals surface area contributed by atoms with Crippen molar-refractivity contribution in [2.75, 3.05) is 5.73 Å². The first-order valence-corrected chi connectivity index (χ1v) is 5.71. The molecule has 1 aromatic carbocycles. The zero-order valence-corrected chi connectivity index (χ0v) is 10.2. The van der Waals surface area contributed by atoms with Crippen LogP contribution in [0.3, 0.4) is 0 Å². The first kappa shape index (κ1) is 11.3. The average Bonchev–Trinajstić information content (AvgIpc) is 2.93. The minimum absolute atomic E-state index is 0.366. The summed E-state index contributed by atoms with van der Waals surface area (Å²) in [7, 11) is 0. The Morgan fingerprint density at radius 2 is 1.89 bits per heavy atom. The second kappa shape index (κ2) is 4.49. The van der Waals surface area contributed by atoms with Gasteiger partial charge in [0.15, 0.2) is 0 Å². The van der Waals surface area contributed by atoms with Gasteiger partial charge in [-0.05, 0) is 36.8 Å². The van der Waals surface area contributed by atoms with Crippen LogP contribution in [0.2, 0.25) is 0 Å². The lowest BCUT2D eigenvalue weighted by Gasteiger charge is -2.00. The molecule has 0 bridgehead atoms. The first-order valence-electron chi connectivity index (χ1n) is 5.71. The molecule has 19 heavy (non-hydrogen) atoms. The second-order valence-electron chi connectivity index (χ2n) is 4.07. The summed E-state index contributed by atoms with van der Waals surface area (Å²) in [5.41, 5.74) is 8.29. The van der Waals surface area contributed by atoms with Crippen molar-refractivity contribution < 1.29 is 4.52 Å². The fraction of sp³-hybridized carbons (Fsp3) is 0.0769. The minimum Gasteiger partial charge on any atom is -0.399 e. The maximum absolute atomic E-state index is 5.78. The van der Waals surface area contributed by atoms with Gasteiger partial charge in [-0.1, -0.05) is 5.16 Å². The van der Waals surface area contributed by atoms with E-state index in [0.717, 1.165) is 16.8 Å². The first-order chi connectivity index (χ1) is 9.24. The van der Waals surface area contributed by atoms with E-state index in [1.54, 1.807) is 18.5 Å². The highest BCUT2D eigenvalue weighted by molar-refractivity contribution is 5.62. The van der Waals surface area contributed by atoms with Crippen molar-refractivity contribution in [3.05, 3.63) is 42.2 Å². The number of rotatable bonds is 2. The predicted octanol–water partition coefficient (Wildman–Crippen LogP) is 2.08. The molecule has 0 aliphatic carbocycles. The highest BCUT2D eigenvalue weighted by atomic mass is 16.5. The van der Waals surface area contributed by atoms with Crippen LogP contribution in [-0.2, 0) is 0 Å². The molecule has 0 fully saturated rings. The molecule has 0 atom stereocenters. The summed E-state index contributed by atoms with van der Waals surface area (Å²) in [4.78, 5) is 12.4. The summed E-state index contributed by atoms with van der Waals surface area (Å²) in [6.45, 7) is 1.93. The van der Waals surface area contributed by atoms with E-state index in [-0.39, 0.29) is 0 Å². The molecule has 2 N–H and O–H groups in total. The Bertz CT molecular complexity index is 708. The number of hydrogen-bond donors (Lipinski definition) is 1. The van der Waals surface area contributed by atoms with Gasteiger partial charge in [0.05, 0.1) is 0 Å². The summed E-state index contributed by atoms with van der Waals surface area (Å²) in [5, 5.41) is 3.87. The van der Waals surface area contributed by atoms with E-state index in [9.17, 15) is 0 Å². The Morgan fingerprint density at radius 1 is 1.11 bits per heavy atom. The van der Waals surface area contributed by atoms with E-state index in [1.807, 2.05) is 25.1 Å². The Morgan fingerprint density at radius 3 is 2.63 bits per heavy atom. The largest absolute Gasteiger partial charge is 0.399 e. The van der Waals surface area contributed by atoms with Gasteiger partial charge in [-0.25, -0.2) is 9.97 Å². The number of hydrogen-bond acceptors (Lipinski definition) is 6. The molecule has 2 heterocycles. The van der Waals surface area contributed by atoms with Crippen LogP contribution in [0.1, 0.15) is 5.56 Å². The third-order valence-electron chi connectivity index (χ3n) is 2.71. The van der Waals surface area contributed by atoms with Crippen LogP contribution in [0.5, 0.6) is 0 Å². The number of anilines is 1. The number of nitrogens with zero attached hydrogens (tertiary/aromatic N) is 4. The third kappa shape index (κ3) is 2.15. The van der Waals surface area contributed by atoms with Crippen LogP contribution >= 0.6 is 0 Å². The molecule has 0 radical (unpaired) electrons. The van der Waals surface area contributed by atoms with Gasteiger partial charge in [-0.3, -0.25) is 0 Å². The second-order valence-corrected chi connectivity index (χ2v) is 4.07. The van der Waals surface area contributed by atoms with E-state index in [0.29, 0.717) is 17.5 Å². The summed E-state index contributed by atoms with van der Waals surface area (Å²) in [6, 6.07) is 7.28. The van der Waals surface area contributed by atoms with Crippen LogP contribution in [0, 0.1) is 6.92 Å². The fourth-order valence-corrected chi connectivity index (χ4v) is 1.65. The van der Waals surface area contributed by atoms with Crippen molar-refractivity contribution >= 4 is 5.69 Å². The maximum atomic E-state index is 5.78. The van der Waals surface area contributed by atoms with Gasteiger partial charge in [0.2, 0.25) is 11.6 Å². The van der Waals surface area contributed by atoms with Crippen molar-refractivity contribution in [3.63, 3.8) is 0 Å². The third-order valence-corrected chi connectivity index (χ3v) is 2.71. The van der Waals surface area contributed by atoms with Crippen LogP contribution < -0.4 is 5.73 Å². The van der Waals surface area contributed by atoms with E-state index in [4.69, 9.17) is 10.3 Å². The normalized spacial score (nSPS) is 10.6. The molecule has 0 saturated carbocycles. The molecule has 0 aliphatic rings. The van der Waals surface area contributed by atoms with Crippen LogP contribution in [0.15, 0.2) is 41.2 Å². The number of benzene rings is 1. The van der Waals surface area contributed by atoms with Crippen molar-refractivity contribution in [1.82, 2.24) is 20.1 Å². The SMILES string of the molecule is Cc1cc(-c2nc(-c3ncccn3)no2)ccc1N. The molecule has 0 amide bonds. The van der Waals surface area contributed by atoms with Crippen molar-refractivity contribution in [3.8, 4) is 23.1 Å². The quantitative estimate of drug-likeness (QED) is 0.703. The molecular formula is C13H11N5O. The zero-order chi connectivity index (χ0) is 13.2. The molecule has 0 spiro atoms. The highest BCUT2D eigenvalue weighted by Crippen LogP contribution is 2.23. The number of nitrogens with two attached hydrogens (primary N) is 1. The predicted molar refractivity (Wildman–Crippen MR) is 69.9 cm³/mol. The number of nitrogen functional groups attached to an aromatic ring is 1. The Labute approximate surface area is 109 Å². The van der Waals surface area contributed by atoms with Gasteiger partial charge in [0.25, 0.3) is 5.89 Å². The highest BCUT2D eigenvalue weighted by Gasteiger charge is 2.12. The van der Waals surface area contributed by atoms with E-state index < -0.39 is 0 Å². The zero-order valence-electron chi connectivity index (χ0n) is 10.2. The van der Waals surface area contributed by atoms with Crippen LogP contribution in [-0.4, -0.2) is 20.1 Å². The lowest BCUT2D eigenvalue weighted by molar-refractivity contribution is 0.432. The molecule has 3 rings (SSSR count). The van der Waals surface area contributed by atoms with Gasteiger partial charge in [-0.15, -0.1) is 0 Å². The lowest BCUT2D eigenvalue weighted by atomic mass is 10.1. The van der Waals surface area contributed by atoms with Crippen molar-refractivity contribution in [1.29, 1.82) is 0 Å². The molecular weight excluding hydrogens is 242 g/mol. The summed E-state index contributed by atoms with van der Waals surface area (Å²) >= 11 is 0. The standard InChI is InChI=1S/C13H11N5O/c1-8-7-9(3-4-10(8)14)13-17-12(18-19-13)11-15-5-2-6-16-11/h2-7H,14H2,1H3. The minimum atomic E-state index is 0.366. The molecule has 3 aromatic rings. The average molecular weight is 253 g/mol. The number of aryl methyl sites for hydroxylation is 1. The Hall–Kier alpha value is -2.76. The molecule has 0 aliphatic heterocycles. The van der Waals surface area contributed by atoms with E-state index >= 15 is 0 Å². The van der Waals surface area contributed by atoms with Crippen molar-refractivity contribution in [2.24, 2.45) is 0 Å². The molecule has 6 nitrogen and oxygen atoms in total. The molecule has 0 unspecified atom stereocenters. The van der Waals surface area contributed by atoms with Gasteiger partial charge in [0.1, 0.15) is 0 Å². The summed E-state index contributed by atoms with van der Waals surface area (Å²) < 4.78 is 5.22. The summed E-state index contributed by atoms with van der Waals surface area (Å²) in [5.74, 6) is 1.22. The van der Waals surface area contributed by atoms with Crippen LogP contribution in [0.4, 0.5) is 5.69 Å². The number of aromatic nitrogens is 4. The smallest absolute Gasteiger partial charge is 0.258 e. The fourth-order valence-electron chi connectivity index (χ4n) is 1.65. The Kier molecular flexibility index (Phi) is 2.68.